The summed E-state index contributed by atoms with van der Waals surface area (Å²) >= 11 is 0. The zero-order valence-corrected chi connectivity index (χ0v) is 10.1. The van der Waals surface area contributed by atoms with Gasteiger partial charge in [0.15, 0.2) is 0 Å². The summed E-state index contributed by atoms with van der Waals surface area (Å²) in [5.41, 5.74) is 0. The summed E-state index contributed by atoms with van der Waals surface area (Å²) in [6, 6.07) is 9.12. The molecule has 1 aliphatic heterocycles. The molecule has 18 heavy (non-hydrogen) atoms. The van der Waals surface area contributed by atoms with Crippen LogP contribution in [0.5, 0.6) is 5.75 Å². The molecule has 1 N–H and O–H groups in total. The monoisotopic (exact) mass is 257 g/mol. The van der Waals surface area contributed by atoms with Crippen LogP contribution in [0, 0.1) is 0 Å². The van der Waals surface area contributed by atoms with Crippen molar-refractivity contribution in [2.75, 3.05) is 26.2 Å². The van der Waals surface area contributed by atoms with Crippen molar-refractivity contribution in [3.63, 3.8) is 0 Å². The molecule has 1 aromatic carbocycles. The minimum absolute atomic E-state index is 0.117. The SMILES string of the molecule is O[C@H](COc1ccccc1)CN1CCC(F)(F)C1. The number of likely N-dealkylation sites (tertiary alicyclic amines) is 1. The van der Waals surface area contributed by atoms with E-state index >= 15 is 0 Å². The second-order valence-corrected chi connectivity index (χ2v) is 4.62. The van der Waals surface area contributed by atoms with Crippen LogP contribution in [0.2, 0.25) is 0 Å². The van der Waals surface area contributed by atoms with E-state index in [9.17, 15) is 13.9 Å². The van der Waals surface area contributed by atoms with Gasteiger partial charge < -0.3 is 9.84 Å². The summed E-state index contributed by atoms with van der Waals surface area (Å²) in [6.45, 7) is 0.402. The molecule has 1 aromatic rings. The van der Waals surface area contributed by atoms with Gasteiger partial charge in [0.05, 0.1) is 6.54 Å². The van der Waals surface area contributed by atoms with Crippen LogP contribution in [0.1, 0.15) is 6.42 Å². The summed E-state index contributed by atoms with van der Waals surface area (Å²) in [7, 11) is 0. The van der Waals surface area contributed by atoms with Crippen LogP contribution in [0.4, 0.5) is 8.78 Å². The number of benzene rings is 1. The third-order valence-corrected chi connectivity index (χ3v) is 2.90. The minimum atomic E-state index is -2.61. The van der Waals surface area contributed by atoms with E-state index in [1.54, 1.807) is 17.0 Å². The maximum absolute atomic E-state index is 12.9. The first-order valence-corrected chi connectivity index (χ1v) is 6.01. The molecular formula is C13H17F2NO2. The lowest BCUT2D eigenvalue weighted by Crippen LogP contribution is -2.35. The molecule has 0 amide bonds. The molecule has 0 radical (unpaired) electrons. The third kappa shape index (κ3) is 3.92. The van der Waals surface area contributed by atoms with Crippen molar-refractivity contribution in [1.82, 2.24) is 4.90 Å². The largest absolute Gasteiger partial charge is 0.491 e. The van der Waals surface area contributed by atoms with E-state index in [-0.39, 0.29) is 26.1 Å². The zero-order chi connectivity index (χ0) is 13.0. The van der Waals surface area contributed by atoms with Gasteiger partial charge >= 0.3 is 0 Å². The summed E-state index contributed by atoms with van der Waals surface area (Å²) in [6.07, 6.45) is -0.877. The van der Waals surface area contributed by atoms with Crippen LogP contribution in [-0.4, -0.2) is 48.3 Å². The Morgan fingerprint density at radius 1 is 1.33 bits per heavy atom. The topological polar surface area (TPSA) is 32.7 Å². The van der Waals surface area contributed by atoms with Crippen LogP contribution in [0.15, 0.2) is 30.3 Å². The predicted molar refractivity (Wildman–Crippen MR) is 63.9 cm³/mol. The number of halogens is 2. The van der Waals surface area contributed by atoms with Gasteiger partial charge in [0.1, 0.15) is 18.5 Å². The van der Waals surface area contributed by atoms with Crippen molar-refractivity contribution in [3.8, 4) is 5.75 Å². The smallest absolute Gasteiger partial charge is 0.261 e. The van der Waals surface area contributed by atoms with Crippen LogP contribution in [0.25, 0.3) is 0 Å². The highest BCUT2D eigenvalue weighted by molar-refractivity contribution is 5.20. The quantitative estimate of drug-likeness (QED) is 0.872. The van der Waals surface area contributed by atoms with Gasteiger partial charge in [-0.25, -0.2) is 8.78 Å². The maximum atomic E-state index is 12.9. The van der Waals surface area contributed by atoms with Crippen LogP contribution >= 0.6 is 0 Å². The van der Waals surface area contributed by atoms with Gasteiger partial charge in [-0.2, -0.15) is 0 Å². The van der Waals surface area contributed by atoms with Gasteiger partial charge in [-0.15, -0.1) is 0 Å². The number of para-hydroxylation sites is 1. The minimum Gasteiger partial charge on any atom is -0.491 e. The molecule has 0 aromatic heterocycles. The van der Waals surface area contributed by atoms with Gasteiger partial charge in [-0.05, 0) is 12.1 Å². The zero-order valence-electron chi connectivity index (χ0n) is 10.1. The second-order valence-electron chi connectivity index (χ2n) is 4.62. The average Bonchev–Trinajstić information content (AvgIpc) is 2.67. The Morgan fingerprint density at radius 2 is 2.06 bits per heavy atom. The van der Waals surface area contributed by atoms with Crippen molar-refractivity contribution in [2.45, 2.75) is 18.4 Å². The number of alkyl halides is 2. The van der Waals surface area contributed by atoms with E-state index < -0.39 is 12.0 Å². The highest BCUT2D eigenvalue weighted by Gasteiger charge is 2.38. The highest BCUT2D eigenvalue weighted by Crippen LogP contribution is 2.26. The number of ether oxygens (including phenoxy) is 1. The summed E-state index contributed by atoms with van der Waals surface area (Å²) in [5.74, 6) is -1.94. The number of aliphatic hydroxyl groups is 1. The van der Waals surface area contributed by atoms with E-state index in [1.807, 2.05) is 18.2 Å². The number of β-amino-alcohol motifs (C(OH)–C–C–N with tert-alkyl or cyclic N) is 1. The highest BCUT2D eigenvalue weighted by atomic mass is 19.3. The normalized spacial score (nSPS) is 20.8. The molecule has 2 rings (SSSR count). The molecule has 100 valence electrons. The van der Waals surface area contributed by atoms with Crippen LogP contribution in [-0.2, 0) is 0 Å². The number of hydrogen-bond acceptors (Lipinski definition) is 3. The van der Waals surface area contributed by atoms with Crippen LogP contribution < -0.4 is 4.74 Å². The fraction of sp³-hybridized carbons (Fsp3) is 0.538. The van der Waals surface area contributed by atoms with Gasteiger partial charge in [0.25, 0.3) is 5.92 Å². The Hall–Kier alpha value is -1.20. The molecule has 0 bridgehead atoms. The number of nitrogens with zero attached hydrogens (tertiary/aromatic N) is 1. The van der Waals surface area contributed by atoms with Gasteiger partial charge in [0.2, 0.25) is 0 Å². The summed E-state index contributed by atoms with van der Waals surface area (Å²) in [5, 5.41) is 9.73. The van der Waals surface area contributed by atoms with Crippen molar-refractivity contribution >= 4 is 0 Å². The first-order valence-electron chi connectivity index (χ1n) is 6.01. The number of rotatable bonds is 5. The predicted octanol–water partition coefficient (Wildman–Crippen LogP) is 1.77. The molecular weight excluding hydrogens is 240 g/mol. The van der Waals surface area contributed by atoms with Crippen LogP contribution in [0.3, 0.4) is 0 Å². The molecule has 0 aliphatic carbocycles. The molecule has 0 unspecified atom stereocenters. The van der Waals surface area contributed by atoms with E-state index in [0.29, 0.717) is 12.3 Å². The van der Waals surface area contributed by atoms with Crippen molar-refractivity contribution < 1.29 is 18.6 Å². The Bertz CT molecular complexity index is 373. The first-order chi connectivity index (χ1) is 8.55. The Kier molecular flexibility index (Phi) is 4.14. The molecule has 1 heterocycles. The Balaban J connectivity index is 1.71. The maximum Gasteiger partial charge on any atom is 0.261 e. The van der Waals surface area contributed by atoms with Gasteiger partial charge in [0, 0.05) is 19.5 Å². The lowest BCUT2D eigenvalue weighted by atomic mass is 10.3. The lowest BCUT2D eigenvalue weighted by molar-refractivity contribution is 0.00461. The third-order valence-electron chi connectivity index (χ3n) is 2.90. The molecule has 5 heteroatoms. The second kappa shape index (κ2) is 5.63. The molecule has 1 fully saturated rings. The Labute approximate surface area is 105 Å². The van der Waals surface area contributed by atoms with Crippen molar-refractivity contribution in [2.24, 2.45) is 0 Å². The molecule has 0 spiro atoms. The average molecular weight is 257 g/mol. The van der Waals surface area contributed by atoms with Crippen molar-refractivity contribution in [3.05, 3.63) is 30.3 Å². The summed E-state index contributed by atoms with van der Waals surface area (Å²) in [4.78, 5) is 1.57. The van der Waals surface area contributed by atoms with E-state index in [4.69, 9.17) is 4.74 Å². The number of hydrogen-bond donors (Lipinski definition) is 1. The fourth-order valence-corrected chi connectivity index (χ4v) is 2.02. The molecule has 1 aliphatic rings. The molecule has 1 saturated heterocycles. The summed E-state index contributed by atoms with van der Waals surface area (Å²) < 4.78 is 31.2. The number of aliphatic hydroxyl groups excluding tert-OH is 1. The van der Waals surface area contributed by atoms with Gasteiger partial charge in [-0.1, -0.05) is 18.2 Å². The van der Waals surface area contributed by atoms with Gasteiger partial charge in [-0.3, -0.25) is 4.90 Å². The standard InChI is InChI=1S/C13H17F2NO2/c14-13(15)6-7-16(10-13)8-11(17)9-18-12-4-2-1-3-5-12/h1-5,11,17H,6-10H2/t11-/m0/s1. The van der Waals surface area contributed by atoms with E-state index in [1.165, 1.54) is 0 Å². The molecule has 0 saturated carbocycles. The molecule has 3 nitrogen and oxygen atoms in total. The Morgan fingerprint density at radius 3 is 2.67 bits per heavy atom. The van der Waals surface area contributed by atoms with E-state index in [2.05, 4.69) is 0 Å². The first kappa shape index (κ1) is 13.2. The van der Waals surface area contributed by atoms with Crippen molar-refractivity contribution in [1.29, 1.82) is 0 Å². The fourth-order valence-electron chi connectivity index (χ4n) is 2.02. The van der Waals surface area contributed by atoms with E-state index in [0.717, 1.165) is 0 Å². The molecule has 1 atom stereocenters. The lowest BCUT2D eigenvalue weighted by Gasteiger charge is -2.19.